The summed E-state index contributed by atoms with van der Waals surface area (Å²) in [5.41, 5.74) is 1.28. The Labute approximate surface area is 90.2 Å². The summed E-state index contributed by atoms with van der Waals surface area (Å²) < 4.78 is 0. The van der Waals surface area contributed by atoms with Crippen LogP contribution in [0.5, 0.6) is 0 Å². The van der Waals surface area contributed by atoms with Crippen LogP contribution in [0.3, 0.4) is 0 Å². The van der Waals surface area contributed by atoms with Crippen molar-refractivity contribution in [1.82, 2.24) is 9.97 Å². The minimum atomic E-state index is -1.23. The molecule has 16 heavy (non-hydrogen) atoms. The van der Waals surface area contributed by atoms with Gasteiger partial charge in [-0.1, -0.05) is 6.07 Å². The van der Waals surface area contributed by atoms with Crippen molar-refractivity contribution in [1.29, 1.82) is 0 Å². The second-order valence-electron chi connectivity index (χ2n) is 3.58. The number of hydrogen-bond acceptors (Lipinski definition) is 4. The zero-order chi connectivity index (χ0) is 11.7. The molecule has 0 bridgehead atoms. The Kier molecular flexibility index (Phi) is 2.78. The van der Waals surface area contributed by atoms with Gasteiger partial charge in [0.2, 0.25) is 0 Å². The summed E-state index contributed by atoms with van der Waals surface area (Å²) in [4.78, 5) is 16.1. The number of imidazole rings is 1. The molecule has 1 aromatic carbocycles. The van der Waals surface area contributed by atoms with Crippen molar-refractivity contribution in [3.8, 4) is 0 Å². The van der Waals surface area contributed by atoms with Crippen LogP contribution in [0.2, 0.25) is 0 Å². The number of fused-ring (bicyclic) bond motifs is 1. The molecule has 0 aliphatic heterocycles. The minimum absolute atomic E-state index is 0.329. The van der Waals surface area contributed by atoms with Crippen LogP contribution in [-0.4, -0.2) is 38.0 Å². The molecule has 0 amide bonds. The molecule has 86 valence electrons. The fourth-order valence-electron chi connectivity index (χ4n) is 1.56. The first-order chi connectivity index (χ1) is 7.61. The lowest BCUT2D eigenvalue weighted by molar-refractivity contribution is -0.0152. The van der Waals surface area contributed by atoms with Gasteiger partial charge in [-0.3, -0.25) is 0 Å². The van der Waals surface area contributed by atoms with Gasteiger partial charge < -0.3 is 25.3 Å². The Bertz CT molecular complexity index is 545. The predicted octanol–water partition coefficient (Wildman–Crippen LogP) is -0.757. The van der Waals surface area contributed by atoms with Gasteiger partial charge in [0.1, 0.15) is 12.2 Å². The first-order valence-corrected chi connectivity index (χ1v) is 4.81. The Morgan fingerprint density at radius 2 is 1.88 bits per heavy atom. The predicted molar refractivity (Wildman–Crippen MR) is 57.0 cm³/mol. The maximum atomic E-state index is 11.0. The Hall–Kier alpha value is -1.63. The molecule has 0 saturated carbocycles. The van der Waals surface area contributed by atoms with Crippen molar-refractivity contribution >= 4 is 11.0 Å². The quantitative estimate of drug-likeness (QED) is 0.472. The zero-order valence-corrected chi connectivity index (χ0v) is 8.34. The van der Waals surface area contributed by atoms with Crippen molar-refractivity contribution in [3.63, 3.8) is 0 Å². The van der Waals surface area contributed by atoms with Crippen LogP contribution in [0.15, 0.2) is 23.0 Å². The van der Waals surface area contributed by atoms with Crippen molar-refractivity contribution in [3.05, 3.63) is 34.2 Å². The number of hydrogen-bond donors (Lipinski definition) is 5. The van der Waals surface area contributed by atoms with Crippen LogP contribution < -0.4 is 5.69 Å². The Balaban J connectivity index is 2.42. The summed E-state index contributed by atoms with van der Waals surface area (Å²) in [6, 6.07) is 4.75. The van der Waals surface area contributed by atoms with E-state index in [1.165, 1.54) is 0 Å². The highest BCUT2D eigenvalue weighted by atomic mass is 16.4. The Morgan fingerprint density at radius 3 is 2.56 bits per heavy atom. The summed E-state index contributed by atoms with van der Waals surface area (Å²) in [6.45, 7) is -0.525. The number of H-pyrrole nitrogens is 2. The molecule has 0 radical (unpaired) electrons. The van der Waals surface area contributed by atoms with Gasteiger partial charge in [0.25, 0.3) is 0 Å². The molecule has 0 aliphatic rings. The van der Waals surface area contributed by atoms with Crippen molar-refractivity contribution in [2.75, 3.05) is 6.61 Å². The van der Waals surface area contributed by atoms with E-state index in [-0.39, 0.29) is 5.69 Å². The van der Waals surface area contributed by atoms with Crippen molar-refractivity contribution < 1.29 is 15.3 Å². The molecule has 0 aliphatic carbocycles. The zero-order valence-electron chi connectivity index (χ0n) is 8.34. The molecule has 2 aromatic rings. The molecular formula is C10H12N2O4. The van der Waals surface area contributed by atoms with E-state index in [9.17, 15) is 15.0 Å². The highest BCUT2D eigenvalue weighted by Crippen LogP contribution is 2.19. The number of benzene rings is 1. The van der Waals surface area contributed by atoms with Gasteiger partial charge in [-0.05, 0) is 17.7 Å². The standard InChI is InChI=1S/C10H12N2O4/c13-4-8(14)9(15)5-1-2-6-7(3-5)12-10(16)11-6/h1-3,8-9,13-15H,4H2,(H2,11,12,16). The van der Waals surface area contributed by atoms with E-state index in [0.29, 0.717) is 16.6 Å². The van der Waals surface area contributed by atoms with E-state index < -0.39 is 18.8 Å². The fourth-order valence-corrected chi connectivity index (χ4v) is 1.56. The van der Waals surface area contributed by atoms with Crippen LogP contribution in [-0.2, 0) is 0 Å². The third kappa shape index (κ3) is 1.85. The lowest BCUT2D eigenvalue weighted by Crippen LogP contribution is -2.21. The van der Waals surface area contributed by atoms with Gasteiger partial charge >= 0.3 is 5.69 Å². The van der Waals surface area contributed by atoms with Crippen molar-refractivity contribution in [2.45, 2.75) is 12.2 Å². The first-order valence-electron chi connectivity index (χ1n) is 4.81. The summed E-state index contributed by atoms with van der Waals surface area (Å²) in [5, 5.41) is 27.6. The number of aromatic nitrogens is 2. The maximum absolute atomic E-state index is 11.0. The van der Waals surface area contributed by atoms with Crippen LogP contribution in [0.4, 0.5) is 0 Å². The van der Waals surface area contributed by atoms with E-state index in [4.69, 9.17) is 5.11 Å². The number of nitrogens with one attached hydrogen (secondary N) is 2. The van der Waals surface area contributed by atoms with Crippen molar-refractivity contribution in [2.24, 2.45) is 0 Å². The fraction of sp³-hybridized carbons (Fsp3) is 0.300. The minimum Gasteiger partial charge on any atom is -0.394 e. The van der Waals surface area contributed by atoms with Gasteiger partial charge in [-0.2, -0.15) is 0 Å². The van der Waals surface area contributed by atoms with Crippen LogP contribution in [0, 0.1) is 0 Å². The van der Waals surface area contributed by atoms with Gasteiger partial charge in [-0.15, -0.1) is 0 Å². The van der Waals surface area contributed by atoms with Gasteiger partial charge in [0.05, 0.1) is 17.6 Å². The molecule has 5 N–H and O–H groups in total. The van der Waals surface area contributed by atoms with E-state index in [1.807, 2.05) is 0 Å². The number of rotatable bonds is 3. The molecule has 1 aromatic heterocycles. The van der Waals surface area contributed by atoms with Gasteiger partial charge in [0, 0.05) is 0 Å². The van der Waals surface area contributed by atoms with Crippen LogP contribution in [0.1, 0.15) is 11.7 Å². The molecule has 2 rings (SSSR count). The molecule has 1 heterocycles. The smallest absolute Gasteiger partial charge is 0.323 e. The second-order valence-corrected chi connectivity index (χ2v) is 3.58. The molecule has 0 spiro atoms. The number of aliphatic hydroxyl groups is 3. The summed E-state index contributed by atoms with van der Waals surface area (Å²) in [7, 11) is 0. The molecule has 2 atom stereocenters. The normalized spacial score (nSPS) is 15.2. The van der Waals surface area contributed by atoms with E-state index >= 15 is 0 Å². The van der Waals surface area contributed by atoms with Crippen LogP contribution in [0.25, 0.3) is 11.0 Å². The molecule has 0 fully saturated rings. The molecule has 0 saturated heterocycles. The molecule has 6 nitrogen and oxygen atoms in total. The van der Waals surface area contributed by atoms with Crippen LogP contribution >= 0.6 is 0 Å². The SMILES string of the molecule is O=c1[nH]c2ccc(C(O)C(O)CO)cc2[nH]1. The third-order valence-electron chi connectivity index (χ3n) is 2.43. The number of aliphatic hydroxyl groups excluding tert-OH is 3. The lowest BCUT2D eigenvalue weighted by atomic mass is 10.0. The highest BCUT2D eigenvalue weighted by molar-refractivity contribution is 5.75. The average molecular weight is 224 g/mol. The number of aromatic amines is 2. The molecular weight excluding hydrogens is 212 g/mol. The van der Waals surface area contributed by atoms with E-state index in [2.05, 4.69) is 9.97 Å². The van der Waals surface area contributed by atoms with Gasteiger partial charge in [-0.25, -0.2) is 4.79 Å². The lowest BCUT2D eigenvalue weighted by Gasteiger charge is -2.15. The Morgan fingerprint density at radius 1 is 1.19 bits per heavy atom. The third-order valence-corrected chi connectivity index (χ3v) is 2.43. The second kappa shape index (κ2) is 4.09. The summed E-state index contributed by atoms with van der Waals surface area (Å²) >= 11 is 0. The monoisotopic (exact) mass is 224 g/mol. The summed E-state index contributed by atoms with van der Waals surface area (Å²) in [5.74, 6) is 0. The largest absolute Gasteiger partial charge is 0.394 e. The molecule has 2 unspecified atom stereocenters. The maximum Gasteiger partial charge on any atom is 0.323 e. The first kappa shape index (κ1) is 10.9. The average Bonchev–Trinajstić information content (AvgIpc) is 2.65. The topological polar surface area (TPSA) is 109 Å². The van der Waals surface area contributed by atoms with Gasteiger partial charge in [0.15, 0.2) is 0 Å². The summed E-state index contributed by atoms with van der Waals surface area (Å²) in [6.07, 6.45) is -2.41. The van der Waals surface area contributed by atoms with E-state index in [1.54, 1.807) is 18.2 Å². The molecule has 6 heteroatoms. The highest BCUT2D eigenvalue weighted by Gasteiger charge is 2.17. The van der Waals surface area contributed by atoms with E-state index in [0.717, 1.165) is 0 Å².